The number of hydrogen-bond acceptors (Lipinski definition) is 17. The predicted octanol–water partition coefficient (Wildman–Crippen LogP) is 9.37. The van der Waals surface area contributed by atoms with Crippen LogP contribution in [0, 0.1) is 18.7 Å². The summed E-state index contributed by atoms with van der Waals surface area (Å²) in [5, 5.41) is 22.8. The highest BCUT2D eigenvalue weighted by atomic mass is 35.5. The lowest BCUT2D eigenvalue weighted by atomic mass is 9.91. The van der Waals surface area contributed by atoms with E-state index in [0.29, 0.717) is 91.2 Å². The predicted molar refractivity (Wildman–Crippen MR) is 314 cm³/mol. The molecule has 0 spiro atoms. The number of aromatic hydroxyl groups is 1. The lowest BCUT2D eigenvalue weighted by Crippen LogP contribution is -2.51. The summed E-state index contributed by atoms with van der Waals surface area (Å²) in [6.07, 6.45) is 10.1. The van der Waals surface area contributed by atoms with Gasteiger partial charge in [-0.3, -0.25) is 19.5 Å². The molecule has 1 aliphatic carbocycles. The van der Waals surface area contributed by atoms with E-state index in [0.717, 1.165) is 105 Å². The smallest absolute Gasteiger partial charge is 0.409 e. The summed E-state index contributed by atoms with van der Waals surface area (Å²) in [7, 11) is 0. The SMILES string of the molecule is Cc1ncsc1-c1ccc([C@H](C)NC(=O)[C@@H]2CCCN2C(=O)[C@@H](c2cc(N3CCN(C(=O)OC[C@@H]4CCC5(COc6nc(N7CC8CCC(C7)N8)c7cnc(-c8cc(O)cc(Cl)c8C8CC8)c(F)c7n6)CCCN45)CC3)no2)C(C)C)cc1. The van der Waals surface area contributed by atoms with Gasteiger partial charge in [0.25, 0.3) is 0 Å². The van der Waals surface area contributed by atoms with Crippen LogP contribution in [0.5, 0.6) is 11.8 Å². The van der Waals surface area contributed by atoms with Gasteiger partial charge in [-0.25, -0.2) is 14.2 Å². The van der Waals surface area contributed by atoms with E-state index in [1.165, 1.54) is 6.07 Å². The molecule has 6 aromatic rings. The first-order valence-corrected chi connectivity index (χ1v) is 31.0. The van der Waals surface area contributed by atoms with Gasteiger partial charge < -0.3 is 49.3 Å². The zero-order chi connectivity index (χ0) is 57.3. The number of aryl methyl sites for hydroxylation is 1. The summed E-state index contributed by atoms with van der Waals surface area (Å²) in [5.74, 6) is 0.0618. The molecule has 2 bridgehead atoms. The summed E-state index contributed by atoms with van der Waals surface area (Å²) in [5.41, 5.74) is 6.02. The topological polar surface area (TPSA) is 208 Å². The quantitative estimate of drug-likeness (QED) is 0.0825. The molecule has 6 saturated heterocycles. The van der Waals surface area contributed by atoms with Crippen LogP contribution in [0.25, 0.3) is 32.6 Å². The van der Waals surface area contributed by atoms with Gasteiger partial charge in [0.2, 0.25) is 11.8 Å². The average Bonchev–Trinajstić information content (AvgIpc) is 4.23. The number of pyridine rings is 1. The van der Waals surface area contributed by atoms with Crippen molar-refractivity contribution in [3.63, 3.8) is 0 Å². The molecule has 10 heterocycles. The zero-order valence-corrected chi connectivity index (χ0v) is 49.1. The maximum atomic E-state index is 17.2. The Bertz CT molecular complexity index is 3420. The maximum absolute atomic E-state index is 17.2. The molecular formula is C61H72ClFN12O7S. The molecule has 7 aliphatic rings. The van der Waals surface area contributed by atoms with Gasteiger partial charge in [-0.2, -0.15) is 9.97 Å². The number of aromatic nitrogens is 5. The van der Waals surface area contributed by atoms with Crippen molar-refractivity contribution >= 4 is 63.4 Å². The Morgan fingerprint density at radius 2 is 1.71 bits per heavy atom. The van der Waals surface area contributed by atoms with Crippen molar-refractivity contribution in [1.29, 1.82) is 0 Å². The third-order valence-corrected chi connectivity index (χ3v) is 19.9. The highest BCUT2D eigenvalue weighted by molar-refractivity contribution is 7.13. The first kappa shape index (κ1) is 55.5. The molecule has 2 aromatic carbocycles. The Morgan fingerprint density at radius 3 is 2.45 bits per heavy atom. The second-order valence-electron chi connectivity index (χ2n) is 24.4. The van der Waals surface area contributed by atoms with Crippen LogP contribution in [0.1, 0.15) is 125 Å². The van der Waals surface area contributed by atoms with Crippen LogP contribution in [0.2, 0.25) is 5.02 Å². The van der Waals surface area contributed by atoms with Crippen LogP contribution < -0.4 is 25.2 Å². The number of thiazole rings is 1. The second-order valence-corrected chi connectivity index (χ2v) is 25.7. The van der Waals surface area contributed by atoms with Crippen molar-refractivity contribution < 1.29 is 37.9 Å². The van der Waals surface area contributed by atoms with Crippen LogP contribution in [0.15, 0.2) is 58.7 Å². The fourth-order valence-corrected chi connectivity index (χ4v) is 15.3. The number of piperazine rings is 2. The number of rotatable bonds is 16. The van der Waals surface area contributed by atoms with Gasteiger partial charge in [0.05, 0.1) is 33.0 Å². The average molecular weight is 1170 g/mol. The van der Waals surface area contributed by atoms with E-state index in [1.807, 2.05) is 51.4 Å². The molecule has 3 N–H and O–H groups in total. The largest absolute Gasteiger partial charge is 0.508 e. The minimum Gasteiger partial charge on any atom is -0.508 e. The van der Waals surface area contributed by atoms with E-state index in [9.17, 15) is 19.5 Å². The van der Waals surface area contributed by atoms with Crippen molar-refractivity contribution in [1.82, 2.24) is 50.4 Å². The number of fused-ring (bicyclic) bond motifs is 4. The molecule has 7 fully saturated rings. The lowest BCUT2D eigenvalue weighted by Gasteiger charge is -2.36. The maximum Gasteiger partial charge on any atom is 0.409 e. The first-order chi connectivity index (χ1) is 40.2. The molecule has 4 aromatic heterocycles. The van der Waals surface area contributed by atoms with E-state index in [1.54, 1.807) is 33.4 Å². The minimum absolute atomic E-state index is 0.00171. The minimum atomic E-state index is -0.635. The standard InChI is InChI=1S/C61H72ClFN12O7S/c1-34(2)50(58(78)74-19-5-7-47(74)57(77)66-35(3)37-8-12-39(13-9-37)55-36(4)65-33-83-55)48-27-49(70-82-48)71-21-23-72(24-22-71)60(79)80-31-42-16-18-61(17-6-20-75(42)61)32-81-59-68-54-45(56(69-59)73-29-40-14-15-41(30-73)67-40)28-64-53(52(54)63)44-25-43(76)26-46(62)51(44)38-10-11-38/h8-9,12-13,25-28,33-35,38,40-42,47,50,67,76H,5-7,10-11,14-24,29-32H2,1-4H3,(H,66,77)/t35-,40?,41?,42-,47-,50+,61?/m0/s1. The molecule has 3 amide bonds. The highest BCUT2D eigenvalue weighted by Crippen LogP contribution is 2.50. The molecule has 22 heteroatoms. The van der Waals surface area contributed by atoms with Crippen LogP contribution >= 0.6 is 22.9 Å². The van der Waals surface area contributed by atoms with E-state index in [-0.39, 0.29) is 76.9 Å². The number of phenols is 1. The number of carbonyl (C=O) groups is 3. The van der Waals surface area contributed by atoms with Gasteiger partial charge in [-0.1, -0.05) is 54.9 Å². The molecule has 1 saturated carbocycles. The number of likely N-dealkylation sites (tertiary alicyclic amines) is 1. The number of carbonyl (C=O) groups excluding carboxylic acids is 3. The van der Waals surface area contributed by atoms with Crippen LogP contribution in [-0.4, -0.2) is 158 Å². The summed E-state index contributed by atoms with van der Waals surface area (Å²) in [4.78, 5) is 72.1. The fraction of sp³-hybridized carbons (Fsp3) is 0.541. The van der Waals surface area contributed by atoms with Gasteiger partial charge in [0.1, 0.15) is 48.0 Å². The number of benzene rings is 2. The van der Waals surface area contributed by atoms with E-state index in [2.05, 4.69) is 52.6 Å². The number of halogens is 2. The Morgan fingerprint density at radius 1 is 0.928 bits per heavy atom. The Labute approximate surface area is 491 Å². The summed E-state index contributed by atoms with van der Waals surface area (Å²) >= 11 is 8.28. The number of hydrogen-bond donors (Lipinski definition) is 3. The summed E-state index contributed by atoms with van der Waals surface area (Å²) in [6.45, 7) is 13.0. The number of anilines is 2. The van der Waals surface area contributed by atoms with Crippen molar-refractivity contribution in [2.45, 2.75) is 139 Å². The summed E-state index contributed by atoms with van der Waals surface area (Å²) in [6, 6.07) is 12.9. The van der Waals surface area contributed by atoms with Crippen LogP contribution in [0.4, 0.5) is 20.8 Å². The molecular weight excluding hydrogens is 1100 g/mol. The van der Waals surface area contributed by atoms with E-state index < -0.39 is 17.8 Å². The molecule has 7 atom stereocenters. The Hall–Kier alpha value is -6.68. The molecule has 19 nitrogen and oxygen atoms in total. The van der Waals surface area contributed by atoms with Gasteiger partial charge in [-0.05, 0) is 125 Å². The molecule has 438 valence electrons. The van der Waals surface area contributed by atoms with Crippen LogP contribution in [0.3, 0.4) is 0 Å². The van der Waals surface area contributed by atoms with Crippen molar-refractivity contribution in [3.05, 3.63) is 87.6 Å². The molecule has 3 unspecified atom stereocenters. The molecule has 83 heavy (non-hydrogen) atoms. The second kappa shape index (κ2) is 22.7. The van der Waals surface area contributed by atoms with Crippen molar-refractivity contribution in [2.24, 2.45) is 5.92 Å². The van der Waals surface area contributed by atoms with Crippen molar-refractivity contribution in [3.8, 4) is 33.5 Å². The van der Waals surface area contributed by atoms with E-state index in [4.69, 9.17) is 35.6 Å². The van der Waals surface area contributed by atoms with Crippen LogP contribution in [-0.2, 0) is 14.3 Å². The van der Waals surface area contributed by atoms with E-state index >= 15 is 4.39 Å². The Balaban J connectivity index is 0.623. The molecule has 0 radical (unpaired) electrons. The normalized spacial score (nSPS) is 24.2. The Kier molecular flexibility index (Phi) is 15.2. The van der Waals surface area contributed by atoms with Gasteiger partial charge in [-0.15, -0.1) is 11.3 Å². The van der Waals surface area contributed by atoms with Gasteiger partial charge >= 0.3 is 12.1 Å². The number of nitrogens with zero attached hydrogens (tertiary/aromatic N) is 10. The van der Waals surface area contributed by atoms with Crippen molar-refractivity contribution in [2.75, 3.05) is 75.4 Å². The molecule has 13 rings (SSSR count). The lowest BCUT2D eigenvalue weighted by molar-refractivity contribution is -0.141. The first-order valence-electron chi connectivity index (χ1n) is 29.7. The summed E-state index contributed by atoms with van der Waals surface area (Å²) < 4.78 is 35.8. The van der Waals surface area contributed by atoms with Gasteiger partial charge in [0, 0.05) is 86.8 Å². The number of phenolic OH excluding ortho intramolecular Hbond substituents is 1. The zero-order valence-electron chi connectivity index (χ0n) is 47.5. The highest BCUT2D eigenvalue weighted by Gasteiger charge is 2.51. The fourth-order valence-electron chi connectivity index (χ4n) is 14.1. The third-order valence-electron chi connectivity index (χ3n) is 18.7. The molecule has 6 aliphatic heterocycles. The number of amides is 3. The third kappa shape index (κ3) is 10.8. The number of nitrogens with one attached hydrogen (secondary N) is 2. The van der Waals surface area contributed by atoms with Gasteiger partial charge in [0.15, 0.2) is 17.4 Å². The monoisotopic (exact) mass is 1170 g/mol. The number of ether oxygens (including phenoxy) is 2.